The van der Waals surface area contributed by atoms with Gasteiger partial charge in [-0.3, -0.25) is 9.36 Å². The molecule has 1 fully saturated rings. The Balaban J connectivity index is 1.46. The highest BCUT2D eigenvalue weighted by molar-refractivity contribution is 6.30. The minimum absolute atomic E-state index is 0.0627. The van der Waals surface area contributed by atoms with E-state index < -0.39 is 0 Å². The van der Waals surface area contributed by atoms with E-state index in [1.165, 1.54) is 9.36 Å². The van der Waals surface area contributed by atoms with Crippen LogP contribution in [0.25, 0.3) is 17.1 Å². The number of rotatable bonds is 4. The van der Waals surface area contributed by atoms with Gasteiger partial charge in [0.15, 0.2) is 11.6 Å². The molecule has 4 heterocycles. The number of hydrogen-bond acceptors (Lipinski definition) is 7. The van der Waals surface area contributed by atoms with Crippen molar-refractivity contribution in [3.8, 4) is 17.1 Å². The van der Waals surface area contributed by atoms with Gasteiger partial charge in [0, 0.05) is 43.5 Å². The minimum Gasteiger partial charge on any atom is -0.330 e. The molecule has 1 aliphatic heterocycles. The fraction of sp³-hybridized carbons (Fsp3) is 0.300. The molecule has 0 N–H and O–H groups in total. The van der Waals surface area contributed by atoms with Gasteiger partial charge in [0.1, 0.15) is 0 Å². The molecule has 0 bridgehead atoms. The summed E-state index contributed by atoms with van der Waals surface area (Å²) in [4.78, 5) is 15.6. The van der Waals surface area contributed by atoms with Crippen LogP contribution < -0.4 is 10.5 Å². The maximum absolute atomic E-state index is 12.0. The number of nitrogens with zero attached hydrogens (tertiary/aromatic N) is 9. The van der Waals surface area contributed by atoms with E-state index in [2.05, 4.69) is 30.5 Å². The van der Waals surface area contributed by atoms with Gasteiger partial charge in [-0.15, -0.1) is 25.2 Å². The Kier molecular flexibility index (Phi) is 4.78. The molecule has 3 aromatic heterocycles. The Morgan fingerprint density at radius 3 is 2.77 bits per heavy atom. The van der Waals surface area contributed by atoms with Crippen molar-refractivity contribution in [2.45, 2.75) is 18.9 Å². The number of pyridine rings is 1. The smallest absolute Gasteiger partial charge is 0.250 e. The van der Waals surface area contributed by atoms with Gasteiger partial charge >= 0.3 is 0 Å². The highest BCUT2D eigenvalue weighted by Crippen LogP contribution is 2.34. The van der Waals surface area contributed by atoms with Gasteiger partial charge in [0.2, 0.25) is 5.95 Å². The van der Waals surface area contributed by atoms with Crippen molar-refractivity contribution in [2.24, 2.45) is 14.1 Å². The average Bonchev–Trinajstić information content (AvgIpc) is 3.49. The van der Waals surface area contributed by atoms with Crippen LogP contribution in [0.15, 0.2) is 47.4 Å². The van der Waals surface area contributed by atoms with Crippen LogP contribution in [0.1, 0.15) is 24.7 Å². The van der Waals surface area contributed by atoms with Crippen LogP contribution >= 0.6 is 11.6 Å². The van der Waals surface area contributed by atoms with Crippen molar-refractivity contribution in [2.75, 3.05) is 11.4 Å². The van der Waals surface area contributed by atoms with E-state index in [1.54, 1.807) is 31.4 Å². The number of aryl methyl sites for hydroxylation is 1. The zero-order chi connectivity index (χ0) is 21.5. The SMILES string of the molecule is Cn1c(-c2ccn(C)c(=O)c2)nnc1N1CCC[C@@H]1c1nnn(-c2cccc(Cl)c2)n1. The van der Waals surface area contributed by atoms with E-state index in [-0.39, 0.29) is 11.6 Å². The summed E-state index contributed by atoms with van der Waals surface area (Å²) < 4.78 is 3.42. The largest absolute Gasteiger partial charge is 0.330 e. The molecule has 31 heavy (non-hydrogen) atoms. The molecule has 10 nitrogen and oxygen atoms in total. The molecule has 0 amide bonds. The Morgan fingerprint density at radius 2 is 1.97 bits per heavy atom. The first kappa shape index (κ1) is 19.4. The van der Waals surface area contributed by atoms with Crippen molar-refractivity contribution in [3.63, 3.8) is 0 Å². The molecule has 1 saturated heterocycles. The van der Waals surface area contributed by atoms with Crippen LogP contribution in [0, 0.1) is 0 Å². The third kappa shape index (κ3) is 3.48. The molecule has 158 valence electrons. The number of tetrazole rings is 1. The summed E-state index contributed by atoms with van der Waals surface area (Å²) in [6.07, 6.45) is 3.59. The third-order valence-electron chi connectivity index (χ3n) is 5.49. The molecular weight excluding hydrogens is 418 g/mol. The van der Waals surface area contributed by atoms with Crippen LogP contribution in [-0.2, 0) is 14.1 Å². The second-order valence-electron chi connectivity index (χ2n) is 7.52. The van der Waals surface area contributed by atoms with Crippen molar-refractivity contribution in [1.29, 1.82) is 0 Å². The number of benzene rings is 1. The standard InChI is InChI=1S/C20H20ClN9O/c1-27-10-8-13(11-17(27)31)19-23-24-20(28(19)2)29-9-4-7-16(29)18-22-26-30(25-18)15-6-3-5-14(21)12-15/h3,5-6,8,10-12,16H,4,7,9H2,1-2H3/t16-/m1/s1. The molecule has 11 heteroatoms. The Morgan fingerprint density at radius 1 is 1.10 bits per heavy atom. The Hall–Kier alpha value is -3.53. The van der Waals surface area contributed by atoms with Crippen molar-refractivity contribution in [1.82, 2.24) is 39.5 Å². The van der Waals surface area contributed by atoms with E-state index in [0.29, 0.717) is 22.6 Å². The predicted molar refractivity (Wildman–Crippen MR) is 115 cm³/mol. The van der Waals surface area contributed by atoms with Crippen LogP contribution in [0.2, 0.25) is 5.02 Å². The van der Waals surface area contributed by atoms with Gasteiger partial charge in [-0.2, -0.15) is 0 Å². The first-order valence-electron chi connectivity index (χ1n) is 9.90. The van der Waals surface area contributed by atoms with E-state index >= 15 is 0 Å². The molecule has 0 saturated carbocycles. The summed E-state index contributed by atoms with van der Waals surface area (Å²) in [6, 6.07) is 10.7. The zero-order valence-electron chi connectivity index (χ0n) is 17.1. The van der Waals surface area contributed by atoms with Gasteiger partial charge in [-0.25, -0.2) is 0 Å². The van der Waals surface area contributed by atoms with Gasteiger partial charge in [-0.1, -0.05) is 17.7 Å². The molecule has 1 atom stereocenters. The van der Waals surface area contributed by atoms with E-state index in [4.69, 9.17) is 11.6 Å². The topological polar surface area (TPSA) is 99.5 Å². The monoisotopic (exact) mass is 437 g/mol. The lowest BCUT2D eigenvalue weighted by atomic mass is 10.2. The van der Waals surface area contributed by atoms with Crippen LogP contribution in [0.5, 0.6) is 0 Å². The quantitative estimate of drug-likeness (QED) is 0.482. The number of aromatic nitrogens is 8. The van der Waals surface area contributed by atoms with Crippen LogP contribution in [-0.4, -0.2) is 46.1 Å². The first-order chi connectivity index (χ1) is 15.0. The summed E-state index contributed by atoms with van der Waals surface area (Å²) in [6.45, 7) is 0.804. The summed E-state index contributed by atoms with van der Waals surface area (Å²) >= 11 is 6.08. The number of anilines is 1. The van der Waals surface area contributed by atoms with Crippen LogP contribution in [0.4, 0.5) is 5.95 Å². The minimum atomic E-state index is -0.0945. The second kappa shape index (κ2) is 7.62. The summed E-state index contributed by atoms with van der Waals surface area (Å²) in [7, 11) is 3.61. The fourth-order valence-electron chi connectivity index (χ4n) is 3.85. The predicted octanol–water partition coefficient (Wildman–Crippen LogP) is 2.15. The molecular formula is C20H20ClN9O. The van der Waals surface area contributed by atoms with Gasteiger partial charge < -0.3 is 9.47 Å². The van der Waals surface area contributed by atoms with Crippen molar-refractivity contribution < 1.29 is 0 Å². The average molecular weight is 438 g/mol. The number of hydrogen-bond donors (Lipinski definition) is 0. The third-order valence-corrected chi connectivity index (χ3v) is 5.73. The molecule has 1 aromatic carbocycles. The Labute approximate surface area is 182 Å². The molecule has 0 aliphatic carbocycles. The van der Waals surface area contributed by atoms with E-state index in [0.717, 1.165) is 30.6 Å². The Bertz CT molecular complexity index is 1310. The van der Waals surface area contributed by atoms with Crippen molar-refractivity contribution in [3.05, 3.63) is 63.8 Å². The lowest BCUT2D eigenvalue weighted by Gasteiger charge is -2.22. The van der Waals surface area contributed by atoms with Crippen LogP contribution in [0.3, 0.4) is 0 Å². The molecule has 0 radical (unpaired) electrons. The lowest BCUT2D eigenvalue weighted by molar-refractivity contribution is 0.639. The molecule has 1 aliphatic rings. The van der Waals surface area contributed by atoms with Crippen molar-refractivity contribution >= 4 is 17.5 Å². The second-order valence-corrected chi connectivity index (χ2v) is 7.95. The molecule has 0 unspecified atom stereocenters. The van der Waals surface area contributed by atoms with E-state index in [1.807, 2.05) is 29.8 Å². The summed E-state index contributed by atoms with van der Waals surface area (Å²) in [5.74, 6) is 1.96. The van der Waals surface area contributed by atoms with Gasteiger partial charge in [0.25, 0.3) is 5.56 Å². The van der Waals surface area contributed by atoms with Gasteiger partial charge in [0.05, 0.1) is 11.7 Å². The zero-order valence-corrected chi connectivity index (χ0v) is 17.8. The summed E-state index contributed by atoms with van der Waals surface area (Å²) in [5.41, 5.74) is 1.38. The molecule has 4 aromatic rings. The first-order valence-corrected chi connectivity index (χ1v) is 10.3. The fourth-order valence-corrected chi connectivity index (χ4v) is 4.04. The maximum Gasteiger partial charge on any atom is 0.250 e. The number of halogens is 1. The van der Waals surface area contributed by atoms with E-state index in [9.17, 15) is 4.79 Å². The lowest BCUT2D eigenvalue weighted by Crippen LogP contribution is -2.26. The molecule has 0 spiro atoms. The normalized spacial score (nSPS) is 16.2. The van der Waals surface area contributed by atoms with Gasteiger partial charge in [-0.05, 0) is 42.3 Å². The summed E-state index contributed by atoms with van der Waals surface area (Å²) in [5, 5.41) is 22.4. The highest BCUT2D eigenvalue weighted by Gasteiger charge is 2.33. The highest BCUT2D eigenvalue weighted by atomic mass is 35.5. The maximum atomic E-state index is 12.0. The molecule has 5 rings (SSSR count).